The van der Waals surface area contributed by atoms with Gasteiger partial charge in [0, 0.05) is 50.1 Å². The quantitative estimate of drug-likeness (QED) is 0.311. The monoisotopic (exact) mass is 393 g/mol. The maximum atomic E-state index is 12.5. The molecule has 7 nitrogen and oxygen atoms in total. The third-order valence-corrected chi connectivity index (χ3v) is 4.68. The lowest BCUT2D eigenvalue weighted by molar-refractivity contribution is -0.384. The van der Waals surface area contributed by atoms with Crippen molar-refractivity contribution in [3.63, 3.8) is 0 Å². The third kappa shape index (κ3) is 5.44. The highest BCUT2D eigenvalue weighted by atomic mass is 16.6. The van der Waals surface area contributed by atoms with E-state index < -0.39 is 4.92 Å². The third-order valence-electron chi connectivity index (χ3n) is 4.68. The largest absolute Gasteiger partial charge is 0.490 e. The van der Waals surface area contributed by atoms with Crippen LogP contribution in [0.3, 0.4) is 0 Å². The standard InChI is InChI=1S/C22H23N3O4/c1-2-17-29-21-10-3-18(4-11-21)5-12-22(26)24-15-13-23(14-16-24)19-6-8-20(9-7-19)25(27)28/h2-12H,1,13-17H2/b12-5+. The Morgan fingerprint density at radius 1 is 1.07 bits per heavy atom. The number of hydrogen-bond donors (Lipinski definition) is 0. The molecule has 0 unspecified atom stereocenters. The summed E-state index contributed by atoms with van der Waals surface area (Å²) in [5, 5.41) is 10.8. The first kappa shape index (κ1) is 20.1. The van der Waals surface area contributed by atoms with E-state index in [0.29, 0.717) is 32.8 Å². The molecule has 0 spiro atoms. The van der Waals surface area contributed by atoms with Gasteiger partial charge in [-0.25, -0.2) is 0 Å². The number of nitro groups is 1. The molecule has 1 heterocycles. The number of anilines is 1. The maximum Gasteiger partial charge on any atom is 0.269 e. The number of amides is 1. The van der Waals surface area contributed by atoms with Crippen molar-refractivity contribution in [2.24, 2.45) is 0 Å². The lowest BCUT2D eigenvalue weighted by atomic mass is 10.2. The Morgan fingerprint density at radius 2 is 1.72 bits per heavy atom. The van der Waals surface area contributed by atoms with E-state index in [1.807, 2.05) is 24.3 Å². The van der Waals surface area contributed by atoms with Crippen molar-refractivity contribution in [3.05, 3.63) is 82.9 Å². The number of carbonyl (C=O) groups is 1. The first-order valence-electron chi connectivity index (χ1n) is 9.37. The van der Waals surface area contributed by atoms with Crippen LogP contribution in [0.2, 0.25) is 0 Å². The molecule has 0 atom stereocenters. The number of carbonyl (C=O) groups excluding carboxylic acids is 1. The van der Waals surface area contributed by atoms with Gasteiger partial charge in [0.15, 0.2) is 0 Å². The van der Waals surface area contributed by atoms with Gasteiger partial charge in [-0.1, -0.05) is 24.8 Å². The summed E-state index contributed by atoms with van der Waals surface area (Å²) in [6, 6.07) is 14.0. The predicted molar refractivity (Wildman–Crippen MR) is 113 cm³/mol. The second-order valence-corrected chi connectivity index (χ2v) is 6.59. The normalized spacial score (nSPS) is 14.1. The van der Waals surface area contributed by atoms with E-state index in [9.17, 15) is 14.9 Å². The summed E-state index contributed by atoms with van der Waals surface area (Å²) in [6.45, 7) is 6.66. The average molecular weight is 393 g/mol. The maximum absolute atomic E-state index is 12.5. The molecule has 0 aliphatic carbocycles. The summed E-state index contributed by atoms with van der Waals surface area (Å²) in [6.07, 6.45) is 5.07. The molecule has 0 aromatic heterocycles. The Bertz CT molecular complexity index is 883. The van der Waals surface area contributed by atoms with Crippen LogP contribution in [0.4, 0.5) is 11.4 Å². The van der Waals surface area contributed by atoms with Crippen LogP contribution in [0.5, 0.6) is 5.75 Å². The molecule has 0 saturated carbocycles. The zero-order valence-electron chi connectivity index (χ0n) is 16.1. The van der Waals surface area contributed by atoms with Gasteiger partial charge in [-0.05, 0) is 35.9 Å². The van der Waals surface area contributed by atoms with Crippen LogP contribution in [0.1, 0.15) is 5.56 Å². The van der Waals surface area contributed by atoms with E-state index in [4.69, 9.17) is 4.74 Å². The van der Waals surface area contributed by atoms with Gasteiger partial charge in [-0.15, -0.1) is 0 Å². The van der Waals surface area contributed by atoms with Gasteiger partial charge in [-0.3, -0.25) is 14.9 Å². The first-order chi connectivity index (χ1) is 14.1. The number of benzene rings is 2. The van der Waals surface area contributed by atoms with E-state index >= 15 is 0 Å². The molecular weight excluding hydrogens is 370 g/mol. The summed E-state index contributed by atoms with van der Waals surface area (Å²) in [5.74, 6) is 0.732. The van der Waals surface area contributed by atoms with Gasteiger partial charge in [-0.2, -0.15) is 0 Å². The van der Waals surface area contributed by atoms with Gasteiger partial charge in [0.25, 0.3) is 5.69 Å². The van der Waals surface area contributed by atoms with E-state index in [-0.39, 0.29) is 11.6 Å². The molecular formula is C22H23N3O4. The molecule has 1 saturated heterocycles. The second kappa shape index (κ2) is 9.54. The summed E-state index contributed by atoms with van der Waals surface area (Å²) >= 11 is 0. The molecule has 3 rings (SSSR count). The van der Waals surface area contributed by atoms with Crippen LogP contribution in [0.15, 0.2) is 67.3 Å². The second-order valence-electron chi connectivity index (χ2n) is 6.59. The van der Waals surface area contributed by atoms with Crippen molar-refractivity contribution in [2.75, 3.05) is 37.7 Å². The molecule has 7 heteroatoms. The predicted octanol–water partition coefficient (Wildman–Crippen LogP) is 3.52. The minimum absolute atomic E-state index is 0.0275. The van der Waals surface area contributed by atoms with Gasteiger partial charge in [0.1, 0.15) is 12.4 Å². The number of nitrogens with zero attached hydrogens (tertiary/aromatic N) is 3. The lowest BCUT2D eigenvalue weighted by Crippen LogP contribution is -2.48. The molecule has 0 bridgehead atoms. The van der Waals surface area contributed by atoms with E-state index in [1.54, 1.807) is 35.3 Å². The number of piperazine rings is 1. The fourth-order valence-corrected chi connectivity index (χ4v) is 3.07. The molecule has 1 fully saturated rings. The zero-order valence-corrected chi connectivity index (χ0v) is 16.1. The van der Waals surface area contributed by atoms with Crippen LogP contribution >= 0.6 is 0 Å². The summed E-state index contributed by atoms with van der Waals surface area (Å²) in [5.41, 5.74) is 1.93. The number of hydrogen-bond acceptors (Lipinski definition) is 5. The molecule has 1 amide bonds. The SMILES string of the molecule is C=CCOc1ccc(/C=C/C(=O)N2CCN(c3ccc([N+](=O)[O-])cc3)CC2)cc1. The number of nitro benzene ring substituents is 1. The Labute approximate surface area is 169 Å². The molecule has 29 heavy (non-hydrogen) atoms. The Balaban J connectivity index is 1.51. The molecule has 0 radical (unpaired) electrons. The van der Waals surface area contributed by atoms with E-state index in [0.717, 1.165) is 17.0 Å². The number of ether oxygens (including phenoxy) is 1. The van der Waals surface area contributed by atoms with Crippen molar-refractivity contribution in [3.8, 4) is 5.75 Å². The highest BCUT2D eigenvalue weighted by Crippen LogP contribution is 2.21. The van der Waals surface area contributed by atoms with Crippen molar-refractivity contribution < 1.29 is 14.5 Å². The fraction of sp³-hybridized carbons (Fsp3) is 0.227. The Kier molecular flexibility index (Phi) is 6.63. The molecule has 150 valence electrons. The van der Waals surface area contributed by atoms with Crippen LogP contribution in [-0.2, 0) is 4.79 Å². The Hall–Kier alpha value is -3.61. The lowest BCUT2D eigenvalue weighted by Gasteiger charge is -2.35. The van der Waals surface area contributed by atoms with E-state index in [2.05, 4.69) is 11.5 Å². The highest BCUT2D eigenvalue weighted by Gasteiger charge is 2.20. The molecule has 2 aromatic rings. The van der Waals surface area contributed by atoms with Crippen LogP contribution < -0.4 is 9.64 Å². The minimum atomic E-state index is -0.408. The average Bonchev–Trinajstić information content (AvgIpc) is 2.77. The van der Waals surface area contributed by atoms with Crippen LogP contribution in [0, 0.1) is 10.1 Å². The van der Waals surface area contributed by atoms with Crippen LogP contribution in [-0.4, -0.2) is 48.5 Å². The molecule has 1 aliphatic heterocycles. The van der Waals surface area contributed by atoms with Gasteiger partial charge in [0.2, 0.25) is 5.91 Å². The van der Waals surface area contributed by atoms with Gasteiger partial charge < -0.3 is 14.5 Å². The molecule has 1 aliphatic rings. The zero-order chi connectivity index (χ0) is 20.6. The number of rotatable bonds is 7. The van der Waals surface area contributed by atoms with Crippen molar-refractivity contribution in [2.45, 2.75) is 0 Å². The topological polar surface area (TPSA) is 75.9 Å². The summed E-state index contributed by atoms with van der Waals surface area (Å²) in [7, 11) is 0. The Morgan fingerprint density at radius 3 is 2.31 bits per heavy atom. The summed E-state index contributed by atoms with van der Waals surface area (Å²) in [4.78, 5) is 26.7. The first-order valence-corrected chi connectivity index (χ1v) is 9.37. The minimum Gasteiger partial charge on any atom is -0.490 e. The van der Waals surface area contributed by atoms with E-state index in [1.165, 1.54) is 12.1 Å². The molecule has 0 N–H and O–H groups in total. The highest BCUT2D eigenvalue weighted by molar-refractivity contribution is 5.92. The van der Waals surface area contributed by atoms with Crippen molar-refractivity contribution in [1.29, 1.82) is 0 Å². The summed E-state index contributed by atoms with van der Waals surface area (Å²) < 4.78 is 5.44. The number of non-ortho nitro benzene ring substituents is 1. The van der Waals surface area contributed by atoms with Crippen molar-refractivity contribution >= 4 is 23.4 Å². The molecule has 2 aromatic carbocycles. The van der Waals surface area contributed by atoms with Gasteiger partial charge in [0.05, 0.1) is 4.92 Å². The van der Waals surface area contributed by atoms with Crippen LogP contribution in [0.25, 0.3) is 6.08 Å². The fourth-order valence-electron chi connectivity index (χ4n) is 3.07. The smallest absolute Gasteiger partial charge is 0.269 e. The van der Waals surface area contributed by atoms with Gasteiger partial charge >= 0.3 is 0 Å². The van der Waals surface area contributed by atoms with Crippen molar-refractivity contribution in [1.82, 2.24) is 4.90 Å².